The second kappa shape index (κ2) is 4.48. The van der Waals surface area contributed by atoms with Gasteiger partial charge in [-0.3, -0.25) is 4.79 Å². The van der Waals surface area contributed by atoms with E-state index in [1.165, 1.54) is 10.9 Å². The number of hydrogen-bond donors (Lipinski definition) is 1. The topological polar surface area (TPSA) is 87.2 Å². The first-order valence-electron chi connectivity index (χ1n) is 4.76. The molecule has 0 fully saturated rings. The predicted octanol–water partition coefficient (Wildman–Crippen LogP) is 1.14. The van der Waals surface area contributed by atoms with Crippen LogP contribution in [0.1, 0.15) is 10.4 Å². The van der Waals surface area contributed by atoms with Crippen LogP contribution in [-0.4, -0.2) is 22.2 Å². The third-order valence-electron chi connectivity index (χ3n) is 2.06. The summed E-state index contributed by atoms with van der Waals surface area (Å²) in [6, 6.07) is 6.56. The summed E-state index contributed by atoms with van der Waals surface area (Å²) >= 11 is 0. The van der Waals surface area contributed by atoms with E-state index < -0.39 is 6.09 Å². The molecule has 2 N–H and O–H groups in total. The van der Waals surface area contributed by atoms with Crippen molar-refractivity contribution in [1.29, 1.82) is 0 Å². The van der Waals surface area contributed by atoms with E-state index in [2.05, 4.69) is 9.84 Å². The molecule has 6 heteroatoms. The Morgan fingerprint density at radius 1 is 1.35 bits per heavy atom. The Hall–Kier alpha value is -2.63. The second-order valence-electron chi connectivity index (χ2n) is 3.25. The van der Waals surface area contributed by atoms with Crippen LogP contribution in [0.2, 0.25) is 0 Å². The van der Waals surface area contributed by atoms with Gasteiger partial charge in [0.2, 0.25) is 0 Å². The molecule has 0 radical (unpaired) electrons. The normalized spacial score (nSPS) is 9.88. The van der Waals surface area contributed by atoms with Gasteiger partial charge in [-0.2, -0.15) is 5.10 Å². The van der Waals surface area contributed by atoms with Crippen molar-refractivity contribution in [3.63, 3.8) is 0 Å². The maximum Gasteiger partial charge on any atom is 0.409 e. The summed E-state index contributed by atoms with van der Waals surface area (Å²) in [4.78, 5) is 21.0. The minimum atomic E-state index is -0.861. The number of ether oxygens (including phenoxy) is 1. The van der Waals surface area contributed by atoms with Gasteiger partial charge in [-0.05, 0) is 24.3 Å². The van der Waals surface area contributed by atoms with Crippen molar-refractivity contribution in [2.24, 2.45) is 5.73 Å². The monoisotopic (exact) mass is 231 g/mol. The molecule has 1 aromatic heterocycles. The van der Waals surface area contributed by atoms with Crippen molar-refractivity contribution < 1.29 is 14.3 Å². The lowest BCUT2D eigenvalue weighted by Crippen LogP contribution is -2.16. The van der Waals surface area contributed by atoms with Crippen molar-refractivity contribution in [2.75, 3.05) is 0 Å². The maximum absolute atomic E-state index is 10.5. The molecule has 0 spiro atoms. The van der Waals surface area contributed by atoms with Gasteiger partial charge in [-0.1, -0.05) is 0 Å². The van der Waals surface area contributed by atoms with E-state index in [0.29, 0.717) is 17.6 Å². The Morgan fingerprint density at radius 2 is 2.06 bits per heavy atom. The molecule has 86 valence electrons. The van der Waals surface area contributed by atoms with Crippen LogP contribution in [-0.2, 0) is 0 Å². The number of amides is 1. The Morgan fingerprint density at radius 3 is 2.59 bits per heavy atom. The Bertz CT molecular complexity index is 545. The highest BCUT2D eigenvalue weighted by molar-refractivity contribution is 5.73. The number of hydrogen-bond acceptors (Lipinski definition) is 4. The molecular formula is C11H9N3O3. The number of nitrogens with two attached hydrogens (primary N) is 1. The Kier molecular flexibility index (Phi) is 2.87. The summed E-state index contributed by atoms with van der Waals surface area (Å²) in [7, 11) is 0. The van der Waals surface area contributed by atoms with Gasteiger partial charge in [0.15, 0.2) is 6.29 Å². The minimum absolute atomic E-state index is 0.351. The van der Waals surface area contributed by atoms with Crippen molar-refractivity contribution in [3.05, 3.63) is 42.2 Å². The lowest BCUT2D eigenvalue weighted by Gasteiger charge is -2.03. The molecule has 0 unspecified atom stereocenters. The first-order valence-corrected chi connectivity index (χ1v) is 4.76. The molecule has 0 bridgehead atoms. The first kappa shape index (κ1) is 10.9. The molecule has 2 rings (SSSR count). The zero-order valence-corrected chi connectivity index (χ0v) is 8.74. The van der Waals surface area contributed by atoms with E-state index in [1.54, 1.807) is 30.5 Å². The van der Waals surface area contributed by atoms with Gasteiger partial charge in [0, 0.05) is 6.20 Å². The Labute approximate surface area is 96.6 Å². The van der Waals surface area contributed by atoms with Crippen molar-refractivity contribution in [1.82, 2.24) is 9.78 Å². The van der Waals surface area contributed by atoms with E-state index in [9.17, 15) is 9.59 Å². The van der Waals surface area contributed by atoms with Gasteiger partial charge < -0.3 is 10.5 Å². The van der Waals surface area contributed by atoms with Gasteiger partial charge in [0.1, 0.15) is 5.75 Å². The minimum Gasteiger partial charge on any atom is -0.411 e. The summed E-state index contributed by atoms with van der Waals surface area (Å²) in [6.07, 6.45) is 2.91. The van der Waals surface area contributed by atoms with Gasteiger partial charge in [-0.25, -0.2) is 9.48 Å². The van der Waals surface area contributed by atoms with Gasteiger partial charge in [0.05, 0.1) is 17.4 Å². The van der Waals surface area contributed by atoms with Crippen LogP contribution in [0.3, 0.4) is 0 Å². The lowest BCUT2D eigenvalue weighted by atomic mass is 10.3. The van der Waals surface area contributed by atoms with E-state index in [0.717, 1.165) is 5.69 Å². The second-order valence-corrected chi connectivity index (χ2v) is 3.25. The summed E-state index contributed by atoms with van der Waals surface area (Å²) in [5.41, 5.74) is 6.11. The summed E-state index contributed by atoms with van der Waals surface area (Å²) in [5.74, 6) is 0.351. The quantitative estimate of drug-likeness (QED) is 0.802. The number of nitrogens with zero attached hydrogens (tertiary/aromatic N) is 2. The highest BCUT2D eigenvalue weighted by atomic mass is 16.5. The van der Waals surface area contributed by atoms with Gasteiger partial charge in [-0.15, -0.1) is 0 Å². The van der Waals surface area contributed by atoms with Crippen LogP contribution in [0.5, 0.6) is 5.75 Å². The molecule has 0 saturated heterocycles. The van der Waals surface area contributed by atoms with E-state index >= 15 is 0 Å². The predicted molar refractivity (Wildman–Crippen MR) is 59.2 cm³/mol. The van der Waals surface area contributed by atoms with Crippen molar-refractivity contribution >= 4 is 12.4 Å². The molecule has 0 aliphatic heterocycles. The summed E-state index contributed by atoms with van der Waals surface area (Å²) in [6.45, 7) is 0. The van der Waals surface area contributed by atoms with Crippen LogP contribution in [0.25, 0.3) is 5.69 Å². The average Bonchev–Trinajstić information content (AvgIpc) is 2.78. The maximum atomic E-state index is 10.5. The average molecular weight is 231 g/mol. The van der Waals surface area contributed by atoms with Crippen molar-refractivity contribution in [2.45, 2.75) is 0 Å². The third-order valence-corrected chi connectivity index (χ3v) is 2.06. The van der Waals surface area contributed by atoms with Crippen LogP contribution in [0.4, 0.5) is 4.79 Å². The standard InChI is InChI=1S/C11H9N3O3/c12-11(16)17-10-3-1-9(2-4-10)14-6-8(7-15)5-13-14/h1-7H,(H2,12,16). The van der Waals surface area contributed by atoms with Crippen LogP contribution in [0.15, 0.2) is 36.7 Å². The number of aromatic nitrogens is 2. The fourth-order valence-electron chi connectivity index (χ4n) is 1.32. The number of primary amides is 1. The van der Waals surface area contributed by atoms with E-state index in [-0.39, 0.29) is 0 Å². The van der Waals surface area contributed by atoms with Gasteiger partial charge in [0.25, 0.3) is 0 Å². The molecule has 0 saturated carbocycles. The zero-order valence-electron chi connectivity index (χ0n) is 8.74. The zero-order chi connectivity index (χ0) is 12.3. The largest absolute Gasteiger partial charge is 0.411 e. The molecule has 6 nitrogen and oxygen atoms in total. The molecule has 2 aromatic rings. The van der Waals surface area contributed by atoms with Crippen LogP contribution < -0.4 is 10.5 Å². The van der Waals surface area contributed by atoms with Gasteiger partial charge >= 0.3 is 6.09 Å². The molecule has 1 amide bonds. The first-order chi connectivity index (χ1) is 8.19. The smallest absolute Gasteiger partial charge is 0.409 e. The van der Waals surface area contributed by atoms with E-state index in [1.807, 2.05) is 0 Å². The molecule has 0 aliphatic carbocycles. The number of rotatable bonds is 3. The molecule has 1 heterocycles. The summed E-state index contributed by atoms with van der Waals surface area (Å²) < 4.78 is 6.22. The highest BCUT2D eigenvalue weighted by Crippen LogP contribution is 2.14. The SMILES string of the molecule is NC(=O)Oc1ccc(-n2cc(C=O)cn2)cc1. The molecule has 1 aromatic carbocycles. The molecule has 0 atom stereocenters. The molecular weight excluding hydrogens is 222 g/mol. The summed E-state index contributed by atoms with van der Waals surface area (Å²) in [5, 5.41) is 4.00. The number of benzene rings is 1. The fourth-order valence-corrected chi connectivity index (χ4v) is 1.32. The molecule has 17 heavy (non-hydrogen) atoms. The lowest BCUT2D eigenvalue weighted by molar-refractivity contribution is 0.112. The van der Waals surface area contributed by atoms with Crippen LogP contribution in [0, 0.1) is 0 Å². The molecule has 0 aliphatic rings. The number of aldehydes is 1. The van der Waals surface area contributed by atoms with Crippen molar-refractivity contribution in [3.8, 4) is 11.4 Å². The van der Waals surface area contributed by atoms with E-state index in [4.69, 9.17) is 5.73 Å². The number of carbonyl (C=O) groups excluding carboxylic acids is 2. The number of carbonyl (C=O) groups is 2. The third kappa shape index (κ3) is 2.49. The highest BCUT2D eigenvalue weighted by Gasteiger charge is 2.02. The van der Waals surface area contributed by atoms with Crippen LogP contribution >= 0.6 is 0 Å². The Balaban J connectivity index is 2.22. The fraction of sp³-hybridized carbons (Fsp3) is 0.